The zero-order valence-corrected chi connectivity index (χ0v) is 13.5. The van der Waals surface area contributed by atoms with E-state index >= 15 is 0 Å². The fourth-order valence-electron chi connectivity index (χ4n) is 2.99. The first-order valence-electron chi connectivity index (χ1n) is 7.92. The average molecular weight is 296 g/mol. The maximum atomic E-state index is 5.22. The van der Waals surface area contributed by atoms with Crippen LogP contribution in [0, 0.1) is 6.92 Å². The number of anilines is 1. The Hall–Kier alpha value is -2.00. The van der Waals surface area contributed by atoms with E-state index < -0.39 is 0 Å². The minimum absolute atomic E-state index is 0.918. The van der Waals surface area contributed by atoms with Crippen LogP contribution < -0.4 is 9.64 Å². The molecule has 3 heteroatoms. The Bertz CT molecular complexity index is 601. The van der Waals surface area contributed by atoms with Gasteiger partial charge >= 0.3 is 0 Å². The van der Waals surface area contributed by atoms with Crippen LogP contribution in [0.15, 0.2) is 48.5 Å². The molecule has 0 amide bonds. The molecule has 3 nitrogen and oxygen atoms in total. The van der Waals surface area contributed by atoms with E-state index in [-0.39, 0.29) is 0 Å². The van der Waals surface area contributed by atoms with E-state index in [1.54, 1.807) is 7.11 Å². The van der Waals surface area contributed by atoms with Crippen molar-refractivity contribution < 1.29 is 4.74 Å². The zero-order valence-electron chi connectivity index (χ0n) is 13.5. The van der Waals surface area contributed by atoms with Crippen LogP contribution in [0.4, 0.5) is 5.69 Å². The summed E-state index contributed by atoms with van der Waals surface area (Å²) in [5.41, 5.74) is 4.12. The highest BCUT2D eigenvalue weighted by Crippen LogP contribution is 2.21. The van der Waals surface area contributed by atoms with Crippen LogP contribution >= 0.6 is 0 Å². The van der Waals surface area contributed by atoms with Gasteiger partial charge in [0.15, 0.2) is 0 Å². The van der Waals surface area contributed by atoms with E-state index in [1.807, 2.05) is 12.1 Å². The van der Waals surface area contributed by atoms with Crippen LogP contribution in [-0.4, -0.2) is 38.2 Å². The van der Waals surface area contributed by atoms with E-state index in [0.717, 1.165) is 38.5 Å². The van der Waals surface area contributed by atoms with Crippen LogP contribution in [0.2, 0.25) is 0 Å². The third-order valence-corrected chi connectivity index (χ3v) is 4.47. The molecule has 116 valence electrons. The van der Waals surface area contributed by atoms with E-state index in [2.05, 4.69) is 53.1 Å². The van der Waals surface area contributed by atoms with E-state index in [9.17, 15) is 0 Å². The summed E-state index contributed by atoms with van der Waals surface area (Å²) < 4.78 is 5.22. The normalized spacial score (nSPS) is 15.8. The maximum absolute atomic E-state index is 5.22. The lowest BCUT2D eigenvalue weighted by molar-refractivity contribution is 0.249. The van der Waals surface area contributed by atoms with Crippen LogP contribution in [0.3, 0.4) is 0 Å². The quantitative estimate of drug-likeness (QED) is 0.861. The number of hydrogen-bond acceptors (Lipinski definition) is 3. The van der Waals surface area contributed by atoms with Gasteiger partial charge in [-0.3, -0.25) is 4.90 Å². The summed E-state index contributed by atoms with van der Waals surface area (Å²) in [5, 5.41) is 0. The molecule has 1 aliphatic heterocycles. The molecule has 22 heavy (non-hydrogen) atoms. The highest BCUT2D eigenvalue weighted by molar-refractivity contribution is 5.49. The number of piperazine rings is 1. The fourth-order valence-corrected chi connectivity index (χ4v) is 2.99. The molecule has 2 aromatic rings. The predicted octanol–water partition coefficient (Wildman–Crippen LogP) is 3.33. The summed E-state index contributed by atoms with van der Waals surface area (Å²) in [6.45, 7) is 7.64. The van der Waals surface area contributed by atoms with Gasteiger partial charge in [0.1, 0.15) is 5.75 Å². The Morgan fingerprint density at radius 2 is 1.59 bits per heavy atom. The van der Waals surface area contributed by atoms with Crippen molar-refractivity contribution in [1.29, 1.82) is 0 Å². The third kappa shape index (κ3) is 3.42. The van der Waals surface area contributed by atoms with Gasteiger partial charge in [0.2, 0.25) is 0 Å². The van der Waals surface area contributed by atoms with Gasteiger partial charge in [0.05, 0.1) is 7.11 Å². The molecule has 0 bridgehead atoms. The Balaban J connectivity index is 1.57. The Morgan fingerprint density at radius 1 is 0.909 bits per heavy atom. The molecule has 1 saturated heterocycles. The number of rotatable bonds is 4. The predicted molar refractivity (Wildman–Crippen MR) is 91.7 cm³/mol. The Labute approximate surface area is 133 Å². The number of methoxy groups -OCH3 is 1. The van der Waals surface area contributed by atoms with Crippen LogP contribution in [0.1, 0.15) is 11.1 Å². The summed E-state index contributed by atoms with van der Waals surface area (Å²) in [5.74, 6) is 0.918. The first kappa shape index (κ1) is 14.9. The maximum Gasteiger partial charge on any atom is 0.119 e. The SMILES string of the molecule is COc1ccc(N2CCN(Cc3ccccc3C)CC2)cc1. The lowest BCUT2D eigenvalue weighted by Gasteiger charge is -2.36. The minimum Gasteiger partial charge on any atom is -0.497 e. The molecule has 0 saturated carbocycles. The summed E-state index contributed by atoms with van der Waals surface area (Å²) in [4.78, 5) is 5.00. The number of nitrogens with zero attached hydrogens (tertiary/aromatic N) is 2. The number of benzene rings is 2. The van der Waals surface area contributed by atoms with Crippen molar-refractivity contribution in [2.75, 3.05) is 38.2 Å². The monoisotopic (exact) mass is 296 g/mol. The van der Waals surface area contributed by atoms with Gasteiger partial charge in [0, 0.05) is 38.4 Å². The minimum atomic E-state index is 0.918. The van der Waals surface area contributed by atoms with Gasteiger partial charge in [-0.2, -0.15) is 0 Å². The van der Waals surface area contributed by atoms with Gasteiger partial charge in [-0.05, 0) is 42.3 Å². The van der Waals surface area contributed by atoms with Gasteiger partial charge in [-0.15, -0.1) is 0 Å². The lowest BCUT2D eigenvalue weighted by Crippen LogP contribution is -2.46. The van der Waals surface area contributed by atoms with Gasteiger partial charge in [-0.25, -0.2) is 0 Å². The third-order valence-electron chi connectivity index (χ3n) is 4.47. The summed E-state index contributed by atoms with van der Waals surface area (Å²) in [6, 6.07) is 17.1. The first-order valence-corrected chi connectivity index (χ1v) is 7.92. The fraction of sp³-hybridized carbons (Fsp3) is 0.368. The number of hydrogen-bond donors (Lipinski definition) is 0. The molecular weight excluding hydrogens is 272 g/mol. The second kappa shape index (κ2) is 6.84. The van der Waals surface area contributed by atoms with Crippen molar-refractivity contribution in [3.8, 4) is 5.75 Å². The topological polar surface area (TPSA) is 15.7 Å². The second-order valence-electron chi connectivity index (χ2n) is 5.89. The van der Waals surface area contributed by atoms with Crippen molar-refractivity contribution in [2.45, 2.75) is 13.5 Å². The molecule has 0 spiro atoms. The Morgan fingerprint density at radius 3 is 2.23 bits per heavy atom. The molecule has 0 N–H and O–H groups in total. The van der Waals surface area contributed by atoms with Crippen molar-refractivity contribution in [2.24, 2.45) is 0 Å². The molecular formula is C19H24N2O. The smallest absolute Gasteiger partial charge is 0.119 e. The molecule has 0 radical (unpaired) electrons. The van der Waals surface area contributed by atoms with Crippen LogP contribution in [0.25, 0.3) is 0 Å². The molecule has 1 fully saturated rings. The van der Waals surface area contributed by atoms with E-state index in [4.69, 9.17) is 4.74 Å². The number of ether oxygens (including phenoxy) is 1. The lowest BCUT2D eigenvalue weighted by atomic mass is 10.1. The van der Waals surface area contributed by atoms with Crippen LogP contribution in [-0.2, 0) is 6.54 Å². The molecule has 1 heterocycles. The molecule has 2 aromatic carbocycles. The summed E-state index contributed by atoms with van der Waals surface area (Å²) in [7, 11) is 1.71. The van der Waals surface area contributed by atoms with E-state index in [1.165, 1.54) is 16.8 Å². The molecule has 0 aliphatic carbocycles. The van der Waals surface area contributed by atoms with Crippen molar-refractivity contribution in [1.82, 2.24) is 4.90 Å². The first-order chi connectivity index (χ1) is 10.8. The summed E-state index contributed by atoms with van der Waals surface area (Å²) >= 11 is 0. The average Bonchev–Trinajstić information content (AvgIpc) is 2.58. The standard InChI is InChI=1S/C19H24N2O/c1-16-5-3-4-6-17(16)15-20-11-13-21(14-12-20)18-7-9-19(22-2)10-8-18/h3-10H,11-15H2,1-2H3. The summed E-state index contributed by atoms with van der Waals surface area (Å²) in [6.07, 6.45) is 0. The van der Waals surface area contributed by atoms with Gasteiger partial charge in [-0.1, -0.05) is 24.3 Å². The van der Waals surface area contributed by atoms with Crippen molar-refractivity contribution >= 4 is 5.69 Å². The highest BCUT2D eigenvalue weighted by atomic mass is 16.5. The van der Waals surface area contributed by atoms with Crippen molar-refractivity contribution in [3.63, 3.8) is 0 Å². The largest absolute Gasteiger partial charge is 0.497 e. The highest BCUT2D eigenvalue weighted by Gasteiger charge is 2.17. The molecule has 0 aromatic heterocycles. The molecule has 0 atom stereocenters. The van der Waals surface area contributed by atoms with E-state index in [0.29, 0.717) is 0 Å². The second-order valence-corrected chi connectivity index (χ2v) is 5.89. The van der Waals surface area contributed by atoms with Gasteiger partial charge in [0.25, 0.3) is 0 Å². The molecule has 0 unspecified atom stereocenters. The number of aryl methyl sites for hydroxylation is 1. The Kier molecular flexibility index (Phi) is 4.64. The van der Waals surface area contributed by atoms with Crippen molar-refractivity contribution in [3.05, 3.63) is 59.7 Å². The molecule has 1 aliphatic rings. The van der Waals surface area contributed by atoms with Gasteiger partial charge < -0.3 is 9.64 Å². The zero-order chi connectivity index (χ0) is 15.4. The van der Waals surface area contributed by atoms with Crippen LogP contribution in [0.5, 0.6) is 5.75 Å². The molecule has 3 rings (SSSR count).